The second kappa shape index (κ2) is 16.7. The Morgan fingerprint density at radius 1 is 0.603 bits per heavy atom. The van der Waals surface area contributed by atoms with Gasteiger partial charge in [-0.25, -0.2) is 8.78 Å². The molecule has 4 aliphatic rings. The van der Waals surface area contributed by atoms with Gasteiger partial charge in [0.25, 0.3) is 11.8 Å². The molecule has 2 atom stereocenters. The summed E-state index contributed by atoms with van der Waals surface area (Å²) in [4.78, 5) is 38.3. The third kappa shape index (κ3) is 9.23. The quantitative estimate of drug-likeness (QED) is 0.141. The zero-order chi connectivity index (χ0) is 41.5. The molecule has 12 heteroatoms. The average molecular weight is 799 g/mol. The van der Waals surface area contributed by atoms with Crippen molar-refractivity contribution in [2.45, 2.75) is 141 Å². The van der Waals surface area contributed by atoms with Crippen molar-refractivity contribution in [2.75, 3.05) is 22.9 Å². The summed E-state index contributed by atoms with van der Waals surface area (Å²) in [5, 5.41) is 27.8. The number of halogens is 2. The second-order valence-electron chi connectivity index (χ2n) is 18.5. The molecule has 8 rings (SSSR count). The maximum absolute atomic E-state index is 14.6. The summed E-state index contributed by atoms with van der Waals surface area (Å²) >= 11 is 0. The molecule has 4 fully saturated rings. The van der Waals surface area contributed by atoms with Crippen LogP contribution < -0.4 is 20.4 Å². The molecule has 58 heavy (non-hydrogen) atoms. The van der Waals surface area contributed by atoms with Crippen LogP contribution in [0.2, 0.25) is 0 Å². The van der Waals surface area contributed by atoms with Crippen LogP contribution in [0.3, 0.4) is 0 Å². The lowest BCUT2D eigenvalue weighted by atomic mass is 9.77. The van der Waals surface area contributed by atoms with Gasteiger partial charge in [0.15, 0.2) is 0 Å². The Morgan fingerprint density at radius 3 is 1.26 bits per heavy atom. The maximum Gasteiger partial charge on any atom is 0.253 e. The number of pyridine rings is 2. The molecule has 0 spiro atoms. The van der Waals surface area contributed by atoms with Crippen molar-refractivity contribution in [1.29, 1.82) is 0 Å². The highest BCUT2D eigenvalue weighted by atomic mass is 19.1. The van der Waals surface area contributed by atoms with Gasteiger partial charge in [0, 0.05) is 60.4 Å². The van der Waals surface area contributed by atoms with Crippen molar-refractivity contribution in [2.24, 2.45) is 11.8 Å². The number of hydrogen-bond donors (Lipinski definition) is 4. The lowest BCUT2D eigenvalue weighted by Crippen LogP contribution is -2.46. The molecule has 2 aromatic carbocycles. The largest absolute Gasteiger partial charge is 0.390 e. The lowest BCUT2D eigenvalue weighted by Gasteiger charge is -2.40. The van der Waals surface area contributed by atoms with Crippen molar-refractivity contribution in [3.63, 3.8) is 0 Å². The number of aromatic nitrogens is 2. The summed E-state index contributed by atoms with van der Waals surface area (Å²) in [6.07, 6.45) is 12.3. The van der Waals surface area contributed by atoms with E-state index in [2.05, 4.69) is 34.4 Å². The van der Waals surface area contributed by atoms with E-state index < -0.39 is 11.2 Å². The molecular weight excluding hydrogens is 739 g/mol. The fraction of sp³-hybridized carbons (Fsp3) is 0.565. The zero-order valence-corrected chi connectivity index (χ0v) is 34.8. The van der Waals surface area contributed by atoms with Crippen LogP contribution in [0.15, 0.2) is 48.8 Å². The average Bonchev–Trinajstić information content (AvgIpc) is 3.16. The van der Waals surface area contributed by atoms with Gasteiger partial charge in [-0.15, -0.1) is 0 Å². The molecule has 312 valence electrons. The van der Waals surface area contributed by atoms with Crippen LogP contribution in [0.4, 0.5) is 20.2 Å². The van der Waals surface area contributed by atoms with Crippen LogP contribution in [0.5, 0.6) is 0 Å². The molecular formula is C46H60F2N6O4. The van der Waals surface area contributed by atoms with Crippen molar-refractivity contribution in [3.05, 3.63) is 71.6 Å². The number of nitrogens with zero attached hydrogens (tertiary/aromatic N) is 4. The summed E-state index contributed by atoms with van der Waals surface area (Å²) < 4.78 is 29.2. The predicted molar refractivity (Wildman–Crippen MR) is 225 cm³/mol. The number of hydrogen-bond acceptors (Lipinski definition) is 8. The number of fused-ring (bicyclic) bond motifs is 2. The number of amides is 2. The first-order valence-electron chi connectivity index (χ1n) is 21.2. The summed E-state index contributed by atoms with van der Waals surface area (Å²) in [6, 6.07) is 10.8. The van der Waals surface area contributed by atoms with E-state index in [4.69, 9.17) is 0 Å². The topological polar surface area (TPSA) is 131 Å². The molecule has 0 unspecified atom stereocenters. The van der Waals surface area contributed by atoms with E-state index in [0.29, 0.717) is 56.4 Å². The SMILES string of the molecule is C[C@@H]1CCN1c1cc2ncc(C(=O)NC3CCC(C(C)(C)O)CC3)cc2cc1F.C[C@H]1CCN1c1cc2ncc(C(=O)NC3CCC(C(C)(C)O)CC3)cc2cc1F. The first kappa shape index (κ1) is 41.7. The number of rotatable bonds is 8. The minimum Gasteiger partial charge on any atom is -0.390 e. The Hall–Kier alpha value is -4.42. The molecule has 2 aromatic heterocycles. The Balaban J connectivity index is 0.000000177. The van der Waals surface area contributed by atoms with Crippen LogP contribution >= 0.6 is 0 Å². The van der Waals surface area contributed by atoms with Crippen LogP contribution in [0.25, 0.3) is 21.8 Å². The maximum atomic E-state index is 14.6. The Bertz CT molecular complexity index is 1980. The molecule has 2 saturated carbocycles. The smallest absolute Gasteiger partial charge is 0.253 e. The van der Waals surface area contributed by atoms with Crippen molar-refractivity contribution in [3.8, 4) is 0 Å². The van der Waals surface area contributed by atoms with Crippen molar-refractivity contribution < 1.29 is 28.6 Å². The third-order valence-electron chi connectivity index (χ3n) is 13.4. The molecule has 4 heterocycles. The number of carbonyl (C=O) groups excluding carboxylic acids is 2. The van der Waals surface area contributed by atoms with E-state index in [-0.39, 0.29) is 47.4 Å². The molecule has 2 amide bonds. The molecule has 0 radical (unpaired) electrons. The molecule has 0 bridgehead atoms. The third-order valence-corrected chi connectivity index (χ3v) is 13.4. The minimum atomic E-state index is -0.673. The highest BCUT2D eigenvalue weighted by Crippen LogP contribution is 2.36. The van der Waals surface area contributed by atoms with Crippen molar-refractivity contribution >= 4 is 45.0 Å². The fourth-order valence-corrected chi connectivity index (χ4v) is 9.14. The minimum absolute atomic E-state index is 0.101. The van der Waals surface area contributed by atoms with Gasteiger partial charge < -0.3 is 30.6 Å². The van der Waals surface area contributed by atoms with E-state index in [0.717, 1.165) is 77.3 Å². The van der Waals surface area contributed by atoms with E-state index >= 15 is 0 Å². The molecule has 2 aliphatic heterocycles. The van der Waals surface area contributed by atoms with Gasteiger partial charge in [0.05, 0.1) is 44.7 Å². The van der Waals surface area contributed by atoms with E-state index in [1.165, 1.54) is 12.1 Å². The highest BCUT2D eigenvalue weighted by molar-refractivity contribution is 5.98. The standard InChI is InChI=1S/2C23H30FN3O2/c2*1-14-8-9-27(14)21-12-20-15(11-19(21)24)10-16(13-25-20)22(28)26-18-6-4-17(5-7-18)23(2,3)29/h2*10-14,17-18,29H,4-9H2,1-3H3,(H,26,28)/t2*14-,17?,18?/m10/s1. The van der Waals surface area contributed by atoms with Gasteiger partial charge in [-0.05, 0) is 154 Å². The van der Waals surface area contributed by atoms with E-state index in [1.807, 2.05) is 37.5 Å². The Morgan fingerprint density at radius 2 is 0.966 bits per heavy atom. The van der Waals surface area contributed by atoms with E-state index in [9.17, 15) is 28.6 Å². The summed E-state index contributed by atoms with van der Waals surface area (Å²) in [5.41, 5.74) is 2.12. The summed E-state index contributed by atoms with van der Waals surface area (Å²) in [6.45, 7) is 13.3. The van der Waals surface area contributed by atoms with Crippen LogP contribution in [0, 0.1) is 23.5 Å². The molecule has 2 aliphatic carbocycles. The number of anilines is 2. The van der Waals surface area contributed by atoms with Crippen molar-refractivity contribution in [1.82, 2.24) is 20.6 Å². The van der Waals surface area contributed by atoms with Gasteiger partial charge in [-0.1, -0.05) is 0 Å². The zero-order valence-electron chi connectivity index (χ0n) is 34.8. The van der Waals surface area contributed by atoms with Crippen LogP contribution in [0.1, 0.15) is 126 Å². The molecule has 4 aromatic rings. The Labute approximate surface area is 340 Å². The van der Waals surface area contributed by atoms with Crippen LogP contribution in [-0.2, 0) is 0 Å². The molecule has 4 N–H and O–H groups in total. The first-order chi connectivity index (χ1) is 27.4. The number of benzene rings is 2. The summed E-state index contributed by atoms with van der Waals surface area (Å²) in [5.74, 6) is -0.353. The normalized spacial score (nSPS) is 25.0. The first-order valence-corrected chi connectivity index (χ1v) is 21.2. The number of carbonyl (C=O) groups is 2. The van der Waals surface area contributed by atoms with E-state index in [1.54, 1.807) is 36.7 Å². The van der Waals surface area contributed by atoms with Gasteiger partial charge >= 0.3 is 0 Å². The van der Waals surface area contributed by atoms with Gasteiger partial charge in [0.1, 0.15) is 11.6 Å². The summed E-state index contributed by atoms with van der Waals surface area (Å²) in [7, 11) is 0. The number of aliphatic hydroxyl groups is 2. The fourth-order valence-electron chi connectivity index (χ4n) is 9.14. The molecule has 2 saturated heterocycles. The monoisotopic (exact) mass is 798 g/mol. The van der Waals surface area contributed by atoms with Gasteiger partial charge in [0.2, 0.25) is 0 Å². The molecule has 10 nitrogen and oxygen atoms in total. The van der Waals surface area contributed by atoms with Gasteiger partial charge in [-0.3, -0.25) is 19.6 Å². The Kier molecular flexibility index (Phi) is 12.0. The number of nitrogens with one attached hydrogen (secondary N) is 2. The predicted octanol–water partition coefficient (Wildman–Crippen LogP) is 8.06. The van der Waals surface area contributed by atoms with Crippen LogP contribution in [-0.4, -0.2) is 80.5 Å². The highest BCUT2D eigenvalue weighted by Gasteiger charge is 2.34. The van der Waals surface area contributed by atoms with Gasteiger partial charge in [-0.2, -0.15) is 0 Å². The second-order valence-corrected chi connectivity index (χ2v) is 18.5. The lowest BCUT2D eigenvalue weighted by molar-refractivity contribution is -0.00313.